The lowest BCUT2D eigenvalue weighted by molar-refractivity contribution is 0.0519. The van der Waals surface area contributed by atoms with Crippen molar-refractivity contribution in [3.63, 3.8) is 0 Å². The molecule has 0 bridgehead atoms. The van der Waals surface area contributed by atoms with Crippen LogP contribution in [0.25, 0.3) is 27.7 Å². The molecule has 0 radical (unpaired) electrons. The number of rotatable bonds is 5. The molecule has 2 aromatic carbocycles. The second kappa shape index (κ2) is 8.65. The number of nitrogens with zero attached hydrogens (tertiary/aromatic N) is 2. The zero-order valence-corrected chi connectivity index (χ0v) is 18.0. The van der Waals surface area contributed by atoms with Gasteiger partial charge in [-0.2, -0.15) is 0 Å². The van der Waals surface area contributed by atoms with Gasteiger partial charge in [0, 0.05) is 17.8 Å². The number of carbonyl (C=O) groups excluding carboxylic acids is 1. The van der Waals surface area contributed by atoms with Gasteiger partial charge in [-0.3, -0.25) is 9.78 Å². The van der Waals surface area contributed by atoms with Gasteiger partial charge in [0.05, 0.1) is 28.5 Å². The van der Waals surface area contributed by atoms with Crippen LogP contribution in [0.1, 0.15) is 17.3 Å². The highest BCUT2D eigenvalue weighted by Crippen LogP contribution is 2.32. The predicted molar refractivity (Wildman–Crippen MR) is 125 cm³/mol. The Morgan fingerprint density at radius 2 is 1.84 bits per heavy atom. The molecule has 0 amide bonds. The first kappa shape index (κ1) is 20.7. The van der Waals surface area contributed by atoms with Gasteiger partial charge in [-0.1, -0.05) is 18.2 Å². The van der Waals surface area contributed by atoms with Crippen molar-refractivity contribution in [2.24, 2.45) is 0 Å². The number of carbonyl (C=O) groups is 1. The van der Waals surface area contributed by atoms with E-state index in [4.69, 9.17) is 10.5 Å². The van der Waals surface area contributed by atoms with Crippen molar-refractivity contribution < 1.29 is 9.53 Å². The third-order valence-electron chi connectivity index (χ3n) is 4.99. The second-order valence-electron chi connectivity index (χ2n) is 6.80. The molecule has 4 aromatic rings. The number of para-hydroxylation sites is 2. The smallest absolute Gasteiger partial charge is 0.344 e. The Labute approximate surface area is 183 Å². The highest BCUT2D eigenvalue weighted by molar-refractivity contribution is 7.98. The van der Waals surface area contributed by atoms with E-state index >= 15 is 0 Å². The van der Waals surface area contributed by atoms with Crippen LogP contribution in [0.5, 0.6) is 0 Å². The van der Waals surface area contributed by atoms with Crippen LogP contribution in [-0.4, -0.2) is 28.4 Å². The summed E-state index contributed by atoms with van der Waals surface area (Å²) in [5, 5.41) is 0.905. The lowest BCUT2D eigenvalue weighted by Crippen LogP contribution is -2.23. The maximum atomic E-state index is 13.4. The topological polar surface area (TPSA) is 87.2 Å². The molecule has 6 nitrogen and oxygen atoms in total. The monoisotopic (exact) mass is 431 g/mol. The number of thioether (sulfide) groups is 1. The summed E-state index contributed by atoms with van der Waals surface area (Å²) in [5.74, 6) is -0.639. The number of hydrogen-bond donors (Lipinski definition) is 1. The van der Waals surface area contributed by atoms with Crippen LogP contribution < -0.4 is 11.2 Å². The molecule has 0 aliphatic heterocycles. The van der Waals surface area contributed by atoms with Crippen LogP contribution >= 0.6 is 11.8 Å². The van der Waals surface area contributed by atoms with Gasteiger partial charge in [-0.25, -0.2) is 4.79 Å². The van der Waals surface area contributed by atoms with E-state index in [1.165, 1.54) is 11.8 Å². The number of nitrogen functional groups attached to an aromatic ring is 1. The molecule has 31 heavy (non-hydrogen) atoms. The molecule has 0 unspecified atom stereocenters. The third kappa shape index (κ3) is 3.68. The molecule has 0 atom stereocenters. The van der Waals surface area contributed by atoms with E-state index in [9.17, 15) is 9.59 Å². The van der Waals surface area contributed by atoms with Crippen LogP contribution in [0.15, 0.2) is 76.8 Å². The first-order valence-corrected chi connectivity index (χ1v) is 11.0. The number of hydrogen-bond acceptors (Lipinski definition) is 6. The summed E-state index contributed by atoms with van der Waals surface area (Å²) in [6.45, 7) is 1.89. The van der Waals surface area contributed by atoms with Crippen molar-refractivity contribution >= 4 is 34.3 Å². The summed E-state index contributed by atoms with van der Waals surface area (Å²) in [6.07, 6.45) is 5.27. The number of pyridine rings is 2. The summed E-state index contributed by atoms with van der Waals surface area (Å²) in [5.41, 5.74) is 9.74. The van der Waals surface area contributed by atoms with Crippen LogP contribution in [-0.2, 0) is 4.74 Å². The Hall–Kier alpha value is -3.58. The molecule has 0 spiro atoms. The Bertz CT molecular complexity index is 1330. The zero-order chi connectivity index (χ0) is 22.0. The van der Waals surface area contributed by atoms with Crippen molar-refractivity contribution in [2.75, 3.05) is 18.6 Å². The molecule has 2 heterocycles. The van der Waals surface area contributed by atoms with Crippen LogP contribution in [0, 0.1) is 0 Å². The number of benzene rings is 2. The van der Waals surface area contributed by atoms with Gasteiger partial charge in [0.25, 0.3) is 0 Å². The fourth-order valence-corrected chi connectivity index (χ4v) is 4.35. The van der Waals surface area contributed by atoms with E-state index in [0.717, 1.165) is 11.1 Å². The maximum absolute atomic E-state index is 13.4. The molecule has 2 N–H and O–H groups in total. The Morgan fingerprint density at radius 3 is 2.52 bits per heavy atom. The fraction of sp³-hybridized carbons (Fsp3) is 0.125. The summed E-state index contributed by atoms with van der Waals surface area (Å²) >= 11 is 1.31. The van der Waals surface area contributed by atoms with Crippen LogP contribution in [0.3, 0.4) is 0 Å². The Kier molecular flexibility index (Phi) is 5.77. The van der Waals surface area contributed by atoms with Gasteiger partial charge >= 0.3 is 5.97 Å². The highest BCUT2D eigenvalue weighted by atomic mass is 32.2. The molecule has 0 fully saturated rings. The van der Waals surface area contributed by atoms with Gasteiger partial charge in [0.2, 0.25) is 5.43 Å². The van der Waals surface area contributed by atoms with E-state index < -0.39 is 5.97 Å². The van der Waals surface area contributed by atoms with Gasteiger partial charge in [-0.05, 0) is 60.7 Å². The highest BCUT2D eigenvalue weighted by Gasteiger charge is 2.25. The Morgan fingerprint density at radius 1 is 1.10 bits per heavy atom. The molecule has 2 aromatic heterocycles. The summed E-state index contributed by atoms with van der Waals surface area (Å²) < 4.78 is 7.08. The van der Waals surface area contributed by atoms with E-state index in [1.807, 2.05) is 53.3 Å². The number of anilines is 1. The lowest BCUT2D eigenvalue weighted by Gasteiger charge is -2.20. The minimum Gasteiger partial charge on any atom is -0.462 e. The summed E-state index contributed by atoms with van der Waals surface area (Å²) in [7, 11) is 0. The fourth-order valence-electron chi connectivity index (χ4n) is 3.59. The largest absolute Gasteiger partial charge is 0.462 e. The van der Waals surface area contributed by atoms with E-state index in [-0.39, 0.29) is 17.6 Å². The summed E-state index contributed by atoms with van der Waals surface area (Å²) in [6, 6.07) is 16.7. The van der Waals surface area contributed by atoms with E-state index in [2.05, 4.69) is 4.98 Å². The molecular weight excluding hydrogens is 410 g/mol. The first-order valence-electron chi connectivity index (χ1n) is 9.76. The Balaban J connectivity index is 2.15. The van der Waals surface area contributed by atoms with Crippen molar-refractivity contribution in [3.05, 3.63) is 82.8 Å². The molecule has 0 aliphatic carbocycles. The molecule has 0 saturated carbocycles. The molecule has 4 rings (SSSR count). The number of ether oxygens (including phenoxy) is 1. The number of fused-ring (bicyclic) bond motifs is 1. The van der Waals surface area contributed by atoms with Crippen LogP contribution in [0.4, 0.5) is 5.69 Å². The SMILES string of the molecule is CCOC(=O)c1c(SC)n(-c2ccccc2N)c2cc(-c3ccncc3)ccc2c1=O. The van der Waals surface area contributed by atoms with Gasteiger partial charge in [-0.15, -0.1) is 11.8 Å². The maximum Gasteiger partial charge on any atom is 0.344 e. The van der Waals surface area contributed by atoms with Crippen molar-refractivity contribution in [3.8, 4) is 16.8 Å². The molecule has 0 saturated heterocycles. The van der Waals surface area contributed by atoms with E-state index in [1.54, 1.807) is 31.5 Å². The zero-order valence-electron chi connectivity index (χ0n) is 17.2. The third-order valence-corrected chi connectivity index (χ3v) is 5.76. The number of esters is 1. The molecule has 156 valence electrons. The quantitative estimate of drug-likeness (QED) is 0.284. The predicted octanol–water partition coefficient (Wildman–Crippen LogP) is 4.53. The standard InChI is InChI=1S/C24H21N3O3S/c1-3-30-24(29)21-22(28)17-9-8-16(15-10-12-26-13-11-15)14-20(17)27(23(21)31-2)19-7-5-4-6-18(19)25/h4-14H,3,25H2,1-2H3. The lowest BCUT2D eigenvalue weighted by atomic mass is 10.0. The molecule has 7 heteroatoms. The average molecular weight is 432 g/mol. The van der Waals surface area contributed by atoms with Crippen molar-refractivity contribution in [1.29, 1.82) is 0 Å². The van der Waals surface area contributed by atoms with Crippen LogP contribution in [0.2, 0.25) is 0 Å². The number of nitrogens with two attached hydrogens (primary N) is 1. The normalized spacial score (nSPS) is 10.9. The van der Waals surface area contributed by atoms with E-state index in [0.29, 0.717) is 27.3 Å². The van der Waals surface area contributed by atoms with Crippen molar-refractivity contribution in [2.45, 2.75) is 11.9 Å². The van der Waals surface area contributed by atoms with Crippen molar-refractivity contribution in [1.82, 2.24) is 9.55 Å². The van der Waals surface area contributed by atoms with Gasteiger partial charge in [0.1, 0.15) is 5.56 Å². The summed E-state index contributed by atoms with van der Waals surface area (Å²) in [4.78, 5) is 30.2. The molecular formula is C24H21N3O3S. The minimum atomic E-state index is -0.639. The first-order chi connectivity index (χ1) is 15.1. The second-order valence-corrected chi connectivity index (χ2v) is 7.59. The molecule has 0 aliphatic rings. The van der Waals surface area contributed by atoms with Gasteiger partial charge < -0.3 is 15.0 Å². The number of aromatic nitrogens is 2. The average Bonchev–Trinajstić information content (AvgIpc) is 2.80. The minimum absolute atomic E-state index is 0.0155. The van der Waals surface area contributed by atoms with Gasteiger partial charge in [0.15, 0.2) is 0 Å².